The van der Waals surface area contributed by atoms with E-state index >= 15 is 0 Å². The second-order valence-corrected chi connectivity index (χ2v) is 6.40. The van der Waals surface area contributed by atoms with Gasteiger partial charge in [-0.3, -0.25) is 9.79 Å². The van der Waals surface area contributed by atoms with E-state index in [-0.39, 0.29) is 30.5 Å². The highest BCUT2D eigenvalue weighted by atomic mass is 16.3. The molecule has 0 aliphatic rings. The number of hydrogen-bond acceptors (Lipinski definition) is 3. The molecule has 4 N–H and O–H groups in total. The number of amides is 1. The lowest BCUT2D eigenvalue weighted by atomic mass is 10.0. The summed E-state index contributed by atoms with van der Waals surface area (Å²) in [6.45, 7) is 6.52. The van der Waals surface area contributed by atoms with Gasteiger partial charge in [-0.2, -0.15) is 0 Å². The van der Waals surface area contributed by atoms with Crippen LogP contribution in [0.2, 0.25) is 0 Å². The second-order valence-electron chi connectivity index (χ2n) is 6.40. The Morgan fingerprint density at radius 1 is 1.22 bits per heavy atom. The van der Waals surface area contributed by atoms with Gasteiger partial charge in [0, 0.05) is 25.0 Å². The fourth-order valence-electron chi connectivity index (χ4n) is 2.08. The van der Waals surface area contributed by atoms with Crippen molar-refractivity contribution in [1.82, 2.24) is 16.0 Å². The molecule has 1 amide bonds. The van der Waals surface area contributed by atoms with Gasteiger partial charge in [-0.25, -0.2) is 0 Å². The van der Waals surface area contributed by atoms with Crippen LogP contribution in [0.25, 0.3) is 0 Å². The van der Waals surface area contributed by atoms with E-state index in [2.05, 4.69) is 20.9 Å². The number of carbonyl (C=O) groups excluding carboxylic acids is 1. The molecule has 1 atom stereocenters. The average Bonchev–Trinajstić information content (AvgIpc) is 2.50. The smallest absolute Gasteiger partial charge is 0.239 e. The first-order valence-electron chi connectivity index (χ1n) is 7.77. The molecule has 0 aliphatic carbocycles. The molecule has 0 bridgehead atoms. The number of aliphatic imine (C=N–C) groups is 1. The molecule has 1 aromatic carbocycles. The molecule has 6 heteroatoms. The summed E-state index contributed by atoms with van der Waals surface area (Å²) in [6, 6.07) is 9.80. The van der Waals surface area contributed by atoms with Gasteiger partial charge in [0.1, 0.15) is 0 Å². The summed E-state index contributed by atoms with van der Waals surface area (Å²) >= 11 is 0. The minimum absolute atomic E-state index is 0.0295. The monoisotopic (exact) mass is 320 g/mol. The van der Waals surface area contributed by atoms with Crippen LogP contribution in [0, 0.1) is 0 Å². The lowest BCUT2D eigenvalue weighted by Gasteiger charge is -2.21. The van der Waals surface area contributed by atoms with Crippen LogP contribution in [-0.4, -0.2) is 49.3 Å². The number of nitrogens with one attached hydrogen (secondary N) is 3. The van der Waals surface area contributed by atoms with E-state index in [1.807, 2.05) is 51.1 Å². The lowest BCUT2D eigenvalue weighted by molar-refractivity contribution is -0.121. The minimum atomic E-state index is -0.259. The molecule has 0 heterocycles. The summed E-state index contributed by atoms with van der Waals surface area (Å²) < 4.78 is 0. The first kappa shape index (κ1) is 19.0. The van der Waals surface area contributed by atoms with Crippen molar-refractivity contribution in [3.05, 3.63) is 35.9 Å². The van der Waals surface area contributed by atoms with Crippen molar-refractivity contribution in [2.75, 3.05) is 26.7 Å². The fraction of sp³-hybridized carbons (Fsp3) is 0.529. The molecule has 6 nitrogen and oxygen atoms in total. The number of aliphatic hydroxyl groups excluding tert-OH is 1. The summed E-state index contributed by atoms with van der Waals surface area (Å²) in [5.74, 6) is 0.406. The Morgan fingerprint density at radius 2 is 1.87 bits per heavy atom. The highest BCUT2D eigenvalue weighted by molar-refractivity contribution is 5.86. The largest absolute Gasteiger partial charge is 0.396 e. The normalized spacial score (nSPS) is 13.3. The number of rotatable bonds is 6. The summed E-state index contributed by atoms with van der Waals surface area (Å²) in [4.78, 5) is 15.9. The van der Waals surface area contributed by atoms with Gasteiger partial charge in [-0.1, -0.05) is 30.3 Å². The van der Waals surface area contributed by atoms with Crippen LogP contribution in [0.1, 0.15) is 32.3 Å². The third-order valence-corrected chi connectivity index (χ3v) is 3.16. The second kappa shape index (κ2) is 9.15. The van der Waals surface area contributed by atoms with Gasteiger partial charge in [0.05, 0.1) is 13.2 Å². The predicted molar refractivity (Wildman–Crippen MR) is 93.5 cm³/mol. The minimum Gasteiger partial charge on any atom is -0.396 e. The Bertz CT molecular complexity index is 509. The first-order chi connectivity index (χ1) is 10.9. The number of benzene rings is 1. The highest BCUT2D eigenvalue weighted by Gasteiger charge is 2.14. The molecule has 1 rings (SSSR count). The summed E-state index contributed by atoms with van der Waals surface area (Å²) in [5, 5.41) is 18.5. The molecule has 1 aromatic rings. The van der Waals surface area contributed by atoms with Gasteiger partial charge in [-0.15, -0.1) is 0 Å². The molecule has 0 radical (unpaired) electrons. The first-order valence-corrected chi connectivity index (χ1v) is 7.77. The number of carbonyl (C=O) groups is 1. The van der Waals surface area contributed by atoms with Crippen molar-refractivity contribution in [1.29, 1.82) is 0 Å². The van der Waals surface area contributed by atoms with E-state index in [4.69, 9.17) is 0 Å². The van der Waals surface area contributed by atoms with Crippen LogP contribution in [0.3, 0.4) is 0 Å². The average molecular weight is 320 g/mol. The van der Waals surface area contributed by atoms with Crippen molar-refractivity contribution in [2.24, 2.45) is 4.99 Å². The van der Waals surface area contributed by atoms with Crippen LogP contribution in [0.15, 0.2) is 35.3 Å². The number of guanidine groups is 1. The fourth-order valence-corrected chi connectivity index (χ4v) is 2.08. The van der Waals surface area contributed by atoms with Crippen molar-refractivity contribution in [3.8, 4) is 0 Å². The van der Waals surface area contributed by atoms with Crippen molar-refractivity contribution < 1.29 is 9.90 Å². The Labute approximate surface area is 138 Å². The van der Waals surface area contributed by atoms with Crippen molar-refractivity contribution >= 4 is 11.9 Å². The zero-order chi connectivity index (χ0) is 17.3. The standard InChI is InChI=1S/C17H28N4O2/c1-17(2,3)21-15(23)11-20-16(18-4)19-10-14(12-22)13-8-6-5-7-9-13/h5-9,14,22H,10-12H2,1-4H3,(H,21,23)(H2,18,19,20). The number of hydrogen-bond donors (Lipinski definition) is 4. The quantitative estimate of drug-likeness (QED) is 0.462. The Balaban J connectivity index is 2.46. The summed E-state index contributed by atoms with van der Waals surface area (Å²) in [7, 11) is 1.65. The van der Waals surface area contributed by atoms with Crippen molar-refractivity contribution in [3.63, 3.8) is 0 Å². The van der Waals surface area contributed by atoms with E-state index < -0.39 is 0 Å². The van der Waals surface area contributed by atoms with E-state index in [9.17, 15) is 9.90 Å². The Hall–Kier alpha value is -2.08. The van der Waals surface area contributed by atoms with Crippen LogP contribution in [0.5, 0.6) is 0 Å². The highest BCUT2D eigenvalue weighted by Crippen LogP contribution is 2.13. The molecule has 128 valence electrons. The lowest BCUT2D eigenvalue weighted by Crippen LogP contribution is -2.48. The number of aliphatic hydroxyl groups is 1. The third kappa shape index (κ3) is 7.65. The molecular formula is C17H28N4O2. The molecule has 23 heavy (non-hydrogen) atoms. The molecule has 0 saturated carbocycles. The molecule has 0 fully saturated rings. The molecule has 0 aromatic heterocycles. The van der Waals surface area contributed by atoms with Gasteiger partial charge in [-0.05, 0) is 26.3 Å². The topological polar surface area (TPSA) is 85.8 Å². The van der Waals surface area contributed by atoms with Gasteiger partial charge in [0.25, 0.3) is 0 Å². The maximum Gasteiger partial charge on any atom is 0.239 e. The van der Waals surface area contributed by atoms with Crippen molar-refractivity contribution in [2.45, 2.75) is 32.2 Å². The van der Waals surface area contributed by atoms with Crippen LogP contribution < -0.4 is 16.0 Å². The summed E-state index contributed by atoms with van der Waals surface area (Å²) in [6.07, 6.45) is 0. The zero-order valence-corrected chi connectivity index (χ0v) is 14.4. The van der Waals surface area contributed by atoms with Gasteiger partial charge in [0.2, 0.25) is 5.91 Å². The SMILES string of the molecule is CN=C(NCC(=O)NC(C)(C)C)NCC(CO)c1ccccc1. The van der Waals surface area contributed by atoms with Gasteiger partial charge < -0.3 is 21.1 Å². The Morgan fingerprint density at radius 3 is 2.39 bits per heavy atom. The maximum absolute atomic E-state index is 11.8. The summed E-state index contributed by atoms with van der Waals surface area (Å²) in [5.41, 5.74) is 0.800. The molecule has 0 saturated heterocycles. The van der Waals surface area contributed by atoms with Crippen LogP contribution >= 0.6 is 0 Å². The molecular weight excluding hydrogens is 292 g/mol. The van der Waals surface area contributed by atoms with E-state index in [0.717, 1.165) is 5.56 Å². The Kier molecular flexibility index (Phi) is 7.54. The molecule has 1 unspecified atom stereocenters. The van der Waals surface area contributed by atoms with Crippen LogP contribution in [0.4, 0.5) is 0 Å². The maximum atomic E-state index is 11.8. The van der Waals surface area contributed by atoms with Gasteiger partial charge in [0.15, 0.2) is 5.96 Å². The van der Waals surface area contributed by atoms with Gasteiger partial charge >= 0.3 is 0 Å². The molecule has 0 spiro atoms. The van der Waals surface area contributed by atoms with E-state index in [1.54, 1.807) is 7.05 Å². The predicted octanol–water partition coefficient (Wildman–Crippen LogP) is 0.842. The number of nitrogens with zero attached hydrogens (tertiary/aromatic N) is 1. The zero-order valence-electron chi connectivity index (χ0n) is 14.4. The molecule has 0 aliphatic heterocycles. The third-order valence-electron chi connectivity index (χ3n) is 3.16. The van der Waals surface area contributed by atoms with E-state index in [0.29, 0.717) is 12.5 Å². The van der Waals surface area contributed by atoms with Crippen LogP contribution in [-0.2, 0) is 4.79 Å². The van der Waals surface area contributed by atoms with E-state index in [1.165, 1.54) is 0 Å².